The zero-order valence-electron chi connectivity index (χ0n) is 12.8. The second kappa shape index (κ2) is 9.42. The van der Waals surface area contributed by atoms with Crippen LogP contribution in [0.3, 0.4) is 0 Å². The highest BCUT2D eigenvalue weighted by atomic mass is 32.2. The third kappa shape index (κ3) is 6.50. The lowest BCUT2D eigenvalue weighted by Gasteiger charge is -2.30. The summed E-state index contributed by atoms with van der Waals surface area (Å²) in [5.41, 5.74) is 0. The first-order valence-electron chi connectivity index (χ1n) is 6.82. The first kappa shape index (κ1) is 21.3. The van der Waals surface area contributed by atoms with Gasteiger partial charge in [-0.15, -0.1) is 11.8 Å². The van der Waals surface area contributed by atoms with Crippen LogP contribution in [0.15, 0.2) is 0 Å². The van der Waals surface area contributed by atoms with Gasteiger partial charge in [0.25, 0.3) is 0 Å². The lowest BCUT2D eigenvalue weighted by molar-refractivity contribution is -0.152. The number of carbonyl (C=O) groups is 1. The normalized spacial score (nSPS) is 27.2. The van der Waals surface area contributed by atoms with Gasteiger partial charge in [-0.3, -0.25) is 4.79 Å². The second-order valence-electron chi connectivity index (χ2n) is 5.11. The molecule has 100 valence electrons. The number of esters is 1. The van der Waals surface area contributed by atoms with Gasteiger partial charge in [0.1, 0.15) is 6.17 Å². The minimum absolute atomic E-state index is 0.202. The molecule has 21 heavy (non-hydrogen) atoms. The molecule has 2 nitrogen and oxygen atoms in total. The molecule has 1 fully saturated rings. The Hall–Kier alpha value is 0.269. The highest BCUT2D eigenvalue weighted by molar-refractivity contribution is 8.00. The topological polar surface area (TPSA) is 26.3 Å². The number of hydrogen-bond acceptors (Lipinski definition) is 3. The van der Waals surface area contributed by atoms with Crippen LogP contribution in [0.25, 0.3) is 0 Å². The third-order valence-electron chi connectivity index (χ3n) is 3.42. The van der Waals surface area contributed by atoms with Crippen molar-refractivity contribution in [3.63, 3.8) is 0 Å². The molecule has 10 radical (unpaired) electrons. The Morgan fingerprint density at radius 3 is 2.00 bits per heavy atom. The van der Waals surface area contributed by atoms with E-state index in [0.717, 1.165) is 0 Å². The second-order valence-corrected chi connectivity index (χ2v) is 6.42. The highest BCUT2D eigenvalue weighted by Crippen LogP contribution is 2.47. The molecule has 1 rings (SSSR count). The minimum atomic E-state index is -0.857. The molecule has 0 saturated carbocycles. The van der Waals surface area contributed by atoms with E-state index in [9.17, 15) is 9.18 Å². The Morgan fingerprint density at radius 2 is 1.81 bits per heavy atom. The molecule has 1 aliphatic heterocycles. The van der Waals surface area contributed by atoms with Crippen LogP contribution in [0.2, 0.25) is 0 Å². The monoisotopic (exact) mass is 294 g/mol. The van der Waals surface area contributed by atoms with Gasteiger partial charge in [0.05, 0.1) is 0 Å². The summed E-state index contributed by atoms with van der Waals surface area (Å²) in [5, 5.41) is 0. The number of carbonyl (C=O) groups excluding carboxylic acids is 1. The predicted molar refractivity (Wildman–Crippen MR) is 97.3 cm³/mol. The average molecular weight is 293 g/mol. The van der Waals surface area contributed by atoms with Gasteiger partial charge >= 0.3 is 5.97 Å². The Morgan fingerprint density at radius 1 is 1.33 bits per heavy atom. The molecule has 0 aromatic rings. The minimum Gasteiger partial charge on any atom is -0.448 e. The van der Waals surface area contributed by atoms with E-state index in [1.54, 1.807) is 6.92 Å². The maximum atomic E-state index is 13.2. The lowest BCUT2D eigenvalue weighted by Crippen LogP contribution is -2.52. The lowest BCUT2D eigenvalue weighted by atomic mass is 8.68. The Labute approximate surface area is 139 Å². The molecule has 0 aromatic carbocycles. The van der Waals surface area contributed by atoms with Crippen LogP contribution in [0.1, 0.15) is 27.2 Å². The average Bonchev–Trinajstić information content (AvgIpc) is 2.66. The quantitative estimate of drug-likeness (QED) is 0.508. The number of halogens is 1. The van der Waals surface area contributed by atoms with Crippen molar-refractivity contribution in [1.29, 1.82) is 0 Å². The van der Waals surface area contributed by atoms with E-state index in [0.29, 0.717) is 12.2 Å². The van der Waals surface area contributed by atoms with Crippen molar-refractivity contribution < 1.29 is 13.9 Å². The summed E-state index contributed by atoms with van der Waals surface area (Å²) >= 11 is 1.42. The molecule has 0 spiro atoms. The van der Waals surface area contributed by atoms with Crippen molar-refractivity contribution >= 4 is 75.6 Å². The molecule has 0 unspecified atom stereocenters. The first-order chi connectivity index (χ1) is 9.57. The van der Waals surface area contributed by atoms with Crippen LogP contribution in [0.4, 0.5) is 4.39 Å². The number of thioether (sulfide) groups is 1. The van der Waals surface area contributed by atoms with E-state index in [1.165, 1.54) is 18.7 Å². The van der Waals surface area contributed by atoms with Crippen molar-refractivity contribution in [3.8, 4) is 0 Å². The Bertz CT molecular complexity index is 329. The van der Waals surface area contributed by atoms with E-state index in [4.69, 9.17) is 43.4 Å². The molecule has 1 saturated heterocycles. The van der Waals surface area contributed by atoms with Crippen molar-refractivity contribution in [3.05, 3.63) is 0 Å². The van der Waals surface area contributed by atoms with Gasteiger partial charge in [-0.25, -0.2) is 4.39 Å². The number of rotatable bonds is 4. The van der Waals surface area contributed by atoms with Crippen LogP contribution < -0.4 is 0 Å². The maximum absolute atomic E-state index is 13.2. The van der Waals surface area contributed by atoms with Gasteiger partial charge in [-0.1, -0.05) is 13.8 Å². The Kier molecular flexibility index (Phi) is 9.54. The number of hydrogen-bond donors (Lipinski definition) is 0. The molecule has 0 aromatic heterocycles. The van der Waals surface area contributed by atoms with E-state index in [1.807, 2.05) is 6.92 Å². The fourth-order valence-corrected chi connectivity index (χ4v) is 3.41. The van der Waals surface area contributed by atoms with Crippen LogP contribution >= 0.6 is 11.8 Å². The summed E-state index contributed by atoms with van der Waals surface area (Å²) in [6.45, 7) is 5.10. The molecule has 0 amide bonds. The summed E-state index contributed by atoms with van der Waals surface area (Å²) < 4.78 is 18.5. The number of ether oxygens (including phenoxy) is 1. The fraction of sp³-hybridized carbons (Fsp3) is 0.889. The zero-order chi connectivity index (χ0) is 16.8. The molecule has 12 heteroatoms. The molecule has 0 N–H and O–H groups in total. The van der Waals surface area contributed by atoms with Crippen LogP contribution in [-0.2, 0) is 9.53 Å². The van der Waals surface area contributed by atoms with E-state index in [2.05, 4.69) is 0 Å². The zero-order valence-corrected chi connectivity index (χ0v) is 13.6. The van der Waals surface area contributed by atoms with Gasteiger partial charge < -0.3 is 4.74 Å². The van der Waals surface area contributed by atoms with Crippen molar-refractivity contribution in [1.82, 2.24) is 0 Å². The SMILES string of the molecule is CC[C@]1(OC(C)=O)SC[C@@H](F)[C@@H]1C.[B]B([B])B([B])B([B])[B]. The standard InChI is InChI=1S/C9H15FO2S.B8/c1-4-9(12-7(3)11)6(2)8(10)5-13-9;1-6(2)8(5)7(3)4/h6,8H,4-5H2,1-3H3;/t6-,8+,9-;/m0./s1. The molecular formula is C9H15B8FO2S. The molecule has 1 heterocycles. The van der Waals surface area contributed by atoms with Crippen molar-refractivity contribution in [2.45, 2.75) is 38.3 Å². The van der Waals surface area contributed by atoms with Crippen LogP contribution in [-0.4, -0.2) is 80.7 Å². The van der Waals surface area contributed by atoms with Crippen molar-refractivity contribution in [2.75, 3.05) is 5.75 Å². The summed E-state index contributed by atoms with van der Waals surface area (Å²) in [4.78, 5) is 10.2. The van der Waals surface area contributed by atoms with Gasteiger partial charge in [-0.05, 0) is 6.42 Å². The molecule has 3 atom stereocenters. The summed E-state index contributed by atoms with van der Waals surface area (Å²) in [5.74, 6) is -0.0934. The molecular weight excluding hydrogens is 278 g/mol. The number of alkyl halides is 1. The predicted octanol–water partition coefficient (Wildman–Crippen LogP) is -0.670. The largest absolute Gasteiger partial charge is 0.448 e. The maximum Gasteiger partial charge on any atom is 0.304 e. The van der Waals surface area contributed by atoms with E-state index >= 15 is 0 Å². The summed E-state index contributed by atoms with van der Waals surface area (Å²) in [7, 11) is 25.8. The molecule has 0 bridgehead atoms. The first-order valence-corrected chi connectivity index (χ1v) is 7.81. The summed E-state index contributed by atoms with van der Waals surface area (Å²) in [6, 6.07) is 0. The van der Waals surface area contributed by atoms with Crippen LogP contribution in [0, 0.1) is 5.92 Å². The van der Waals surface area contributed by atoms with Gasteiger partial charge in [0.15, 0.2) is 4.93 Å². The van der Waals surface area contributed by atoms with Crippen LogP contribution in [0.5, 0.6) is 0 Å². The molecule has 1 aliphatic rings. The van der Waals surface area contributed by atoms with Crippen molar-refractivity contribution in [2.24, 2.45) is 5.92 Å². The van der Waals surface area contributed by atoms with Gasteiger partial charge in [0.2, 0.25) is 0 Å². The van der Waals surface area contributed by atoms with E-state index < -0.39 is 30.3 Å². The van der Waals surface area contributed by atoms with E-state index in [-0.39, 0.29) is 11.9 Å². The summed E-state index contributed by atoms with van der Waals surface area (Å²) in [6.07, 6.45) is -1.97. The molecule has 0 aliphatic carbocycles. The smallest absolute Gasteiger partial charge is 0.304 e. The van der Waals surface area contributed by atoms with Gasteiger partial charge in [-0.2, -0.15) is 0 Å². The Balaban J connectivity index is 0.000000433. The highest BCUT2D eigenvalue weighted by Gasteiger charge is 2.48. The third-order valence-corrected chi connectivity index (χ3v) is 5.14. The fourth-order valence-electron chi connectivity index (χ4n) is 1.89. The van der Waals surface area contributed by atoms with Gasteiger partial charge in [0, 0.05) is 76.4 Å².